The van der Waals surface area contributed by atoms with E-state index >= 15 is 0 Å². The summed E-state index contributed by atoms with van der Waals surface area (Å²) in [6.45, 7) is 25.3. The zero-order chi connectivity index (χ0) is 37.6. The fourth-order valence-corrected chi connectivity index (χ4v) is 8.23. The van der Waals surface area contributed by atoms with Gasteiger partial charge in [-0.1, -0.05) is 65.3 Å². The zero-order valence-corrected chi connectivity index (χ0v) is 34.2. The first-order valence-electron chi connectivity index (χ1n) is 16.8. The van der Waals surface area contributed by atoms with Gasteiger partial charge in [0.05, 0.1) is 29.4 Å². The van der Waals surface area contributed by atoms with Crippen molar-refractivity contribution in [3.63, 3.8) is 0 Å². The molecule has 1 aromatic rings. The number of hydrazine groups is 1. The Morgan fingerprint density at radius 2 is 1.50 bits per heavy atom. The monoisotopic (exact) mass is 712 g/mol. The molecule has 0 fully saturated rings. The third-order valence-corrected chi connectivity index (χ3v) is 15.7. The normalized spacial score (nSPS) is 14.6. The highest BCUT2D eigenvalue weighted by atomic mass is 32.2. The zero-order valence-electron chi connectivity index (χ0n) is 32.4. The first kappa shape index (κ1) is 43.6. The Bertz CT molecular complexity index is 1380. The summed E-state index contributed by atoms with van der Waals surface area (Å²) in [4.78, 5) is 39.1. The molecule has 12 heteroatoms. The van der Waals surface area contributed by atoms with Gasteiger partial charge in [0.15, 0.2) is 18.2 Å². The molecule has 1 atom stereocenters. The lowest BCUT2D eigenvalue weighted by Crippen LogP contribution is -2.52. The van der Waals surface area contributed by atoms with Gasteiger partial charge in [-0.25, -0.2) is 18.2 Å². The Morgan fingerprint density at radius 3 is 2.02 bits per heavy atom. The number of esters is 1. The van der Waals surface area contributed by atoms with E-state index in [0.29, 0.717) is 31.2 Å². The summed E-state index contributed by atoms with van der Waals surface area (Å²) in [6.07, 6.45) is 1.17. The average molecular weight is 713 g/mol. The van der Waals surface area contributed by atoms with Crippen LogP contribution < -0.4 is 5.43 Å². The standard InChI is InChI=1S/C36H64N2O8SSi/c1-32(2,3)46-31(41)38(12)37-29(39)36(11,28-19-16-18-27(24-28)25-35(9,10)30(40)44-13)21-17-20-34(7,8)26-47(42,43)23-22-45-48(14,15)33(4,5)6/h16,18-19,24H,17,20-23,25-26H2,1-15H3,(H,37,39)/t36-/m1/s1. The number of nitrogens with zero attached hydrogens (tertiary/aromatic N) is 1. The van der Waals surface area contributed by atoms with Crippen molar-refractivity contribution in [2.24, 2.45) is 10.8 Å². The summed E-state index contributed by atoms with van der Waals surface area (Å²) in [6, 6.07) is 7.53. The Labute approximate surface area is 292 Å². The summed E-state index contributed by atoms with van der Waals surface area (Å²) in [5, 5.41) is 1.03. The molecule has 10 nitrogen and oxygen atoms in total. The van der Waals surface area contributed by atoms with Gasteiger partial charge in [-0.15, -0.1) is 0 Å². The van der Waals surface area contributed by atoms with E-state index in [4.69, 9.17) is 13.9 Å². The molecule has 0 radical (unpaired) electrons. The van der Waals surface area contributed by atoms with Gasteiger partial charge in [0, 0.05) is 13.7 Å². The fourth-order valence-electron chi connectivity index (χ4n) is 5.22. The predicted octanol–water partition coefficient (Wildman–Crippen LogP) is 7.22. The van der Waals surface area contributed by atoms with Crippen molar-refractivity contribution >= 4 is 36.1 Å². The van der Waals surface area contributed by atoms with E-state index < -0.39 is 52.0 Å². The molecule has 0 unspecified atom stereocenters. The van der Waals surface area contributed by atoms with Gasteiger partial charge >= 0.3 is 12.1 Å². The topological polar surface area (TPSA) is 128 Å². The van der Waals surface area contributed by atoms with Gasteiger partial charge < -0.3 is 13.9 Å². The van der Waals surface area contributed by atoms with Crippen molar-refractivity contribution in [3.8, 4) is 0 Å². The number of carbonyl (C=O) groups is 3. The van der Waals surface area contributed by atoms with Crippen LogP contribution >= 0.6 is 0 Å². The van der Waals surface area contributed by atoms with E-state index in [9.17, 15) is 22.8 Å². The fraction of sp³-hybridized carbons (Fsp3) is 0.750. The van der Waals surface area contributed by atoms with Crippen LogP contribution in [-0.2, 0) is 45.2 Å². The SMILES string of the molecule is COC(=O)C(C)(C)Cc1cccc([C@@](C)(CCCC(C)(C)CS(=O)(=O)CCO[Si](C)(C)C(C)(C)C)C(=O)NN(C)C(=O)OC(C)(C)C)c1. The van der Waals surface area contributed by atoms with Gasteiger partial charge in [-0.2, -0.15) is 0 Å². The van der Waals surface area contributed by atoms with E-state index in [2.05, 4.69) is 39.3 Å². The van der Waals surface area contributed by atoms with Crippen LogP contribution in [0.3, 0.4) is 0 Å². The number of ether oxygens (including phenoxy) is 2. The van der Waals surface area contributed by atoms with Crippen LogP contribution in [0.25, 0.3) is 0 Å². The molecule has 0 aliphatic rings. The Hall–Kier alpha value is -2.44. The molecular weight excluding hydrogens is 649 g/mol. The number of amides is 2. The molecule has 0 aromatic heterocycles. The van der Waals surface area contributed by atoms with Crippen LogP contribution in [0.1, 0.15) is 107 Å². The van der Waals surface area contributed by atoms with Crippen molar-refractivity contribution in [2.75, 3.05) is 32.3 Å². The number of methoxy groups -OCH3 is 1. The molecule has 1 rings (SSSR count). The van der Waals surface area contributed by atoms with Crippen LogP contribution in [0.2, 0.25) is 18.1 Å². The number of sulfone groups is 1. The van der Waals surface area contributed by atoms with Crippen LogP contribution in [0.5, 0.6) is 0 Å². The maximum absolute atomic E-state index is 14.0. The lowest BCUT2D eigenvalue weighted by Gasteiger charge is -2.36. The van der Waals surface area contributed by atoms with Crippen LogP contribution in [0.4, 0.5) is 4.79 Å². The van der Waals surface area contributed by atoms with E-state index in [0.717, 1.165) is 10.6 Å². The second-order valence-electron chi connectivity index (χ2n) is 17.3. The molecule has 0 aliphatic heterocycles. The van der Waals surface area contributed by atoms with Crippen LogP contribution in [0.15, 0.2) is 24.3 Å². The van der Waals surface area contributed by atoms with Gasteiger partial charge in [-0.05, 0) is 95.5 Å². The highest BCUT2D eigenvalue weighted by molar-refractivity contribution is 7.91. The van der Waals surface area contributed by atoms with E-state index in [1.807, 2.05) is 58.9 Å². The smallest absolute Gasteiger partial charge is 0.428 e. The lowest BCUT2D eigenvalue weighted by atomic mass is 9.74. The summed E-state index contributed by atoms with van der Waals surface area (Å²) < 4.78 is 42.9. The maximum atomic E-state index is 14.0. The first-order chi connectivity index (χ1) is 21.5. The number of hydrogen-bond donors (Lipinski definition) is 1. The Kier molecular flexibility index (Phi) is 14.6. The molecule has 1 aromatic carbocycles. The van der Waals surface area contributed by atoms with Crippen molar-refractivity contribution in [1.82, 2.24) is 10.4 Å². The molecule has 0 heterocycles. The predicted molar refractivity (Wildman–Crippen MR) is 195 cm³/mol. The molecule has 48 heavy (non-hydrogen) atoms. The summed E-state index contributed by atoms with van der Waals surface area (Å²) in [5.41, 5.74) is 1.09. The number of rotatable bonds is 15. The van der Waals surface area contributed by atoms with Crippen molar-refractivity contribution in [1.29, 1.82) is 0 Å². The van der Waals surface area contributed by atoms with Crippen molar-refractivity contribution in [3.05, 3.63) is 35.4 Å². The molecule has 1 N–H and O–H groups in total. The van der Waals surface area contributed by atoms with Crippen LogP contribution in [0, 0.1) is 10.8 Å². The molecular formula is C36H64N2O8SSi. The van der Waals surface area contributed by atoms with Crippen molar-refractivity contribution in [2.45, 2.75) is 131 Å². The largest absolute Gasteiger partial charge is 0.469 e. The van der Waals surface area contributed by atoms with Gasteiger partial charge in [0.2, 0.25) is 5.91 Å². The second-order valence-corrected chi connectivity index (χ2v) is 24.3. The molecule has 0 aliphatic carbocycles. The second kappa shape index (κ2) is 16.1. The third-order valence-electron chi connectivity index (χ3n) is 9.19. The van der Waals surface area contributed by atoms with Gasteiger partial charge in [0.1, 0.15) is 5.60 Å². The Morgan fingerprint density at radius 1 is 0.917 bits per heavy atom. The van der Waals surface area contributed by atoms with E-state index in [1.165, 1.54) is 14.2 Å². The minimum atomic E-state index is -3.39. The van der Waals surface area contributed by atoms with Crippen molar-refractivity contribution < 1.29 is 36.7 Å². The number of benzene rings is 1. The van der Waals surface area contributed by atoms with Crippen LogP contribution in [-0.4, -0.2) is 77.6 Å². The number of nitrogens with one attached hydrogen (secondary N) is 1. The number of hydrogen-bond acceptors (Lipinski definition) is 8. The minimum absolute atomic E-state index is 0.00322. The summed E-state index contributed by atoms with van der Waals surface area (Å²) in [5.74, 6) is -0.776. The molecule has 0 saturated carbocycles. The quantitative estimate of drug-likeness (QED) is 0.115. The molecule has 0 saturated heterocycles. The molecule has 2 amide bonds. The highest BCUT2D eigenvalue weighted by Gasteiger charge is 2.39. The van der Waals surface area contributed by atoms with Gasteiger partial charge in [0.25, 0.3) is 0 Å². The third kappa shape index (κ3) is 13.5. The molecule has 0 spiro atoms. The maximum Gasteiger partial charge on any atom is 0.428 e. The molecule has 0 bridgehead atoms. The minimum Gasteiger partial charge on any atom is -0.469 e. The first-order valence-corrected chi connectivity index (χ1v) is 21.5. The van der Waals surface area contributed by atoms with E-state index in [1.54, 1.807) is 20.8 Å². The Balaban J connectivity index is 3.24. The molecule has 276 valence electrons. The highest BCUT2D eigenvalue weighted by Crippen LogP contribution is 2.37. The summed E-state index contributed by atoms with van der Waals surface area (Å²) in [7, 11) is -2.66. The van der Waals surface area contributed by atoms with E-state index in [-0.39, 0.29) is 29.1 Å². The summed E-state index contributed by atoms with van der Waals surface area (Å²) >= 11 is 0. The lowest BCUT2D eigenvalue weighted by molar-refractivity contribution is -0.150. The average Bonchev–Trinajstić information content (AvgIpc) is 2.89. The van der Waals surface area contributed by atoms with Gasteiger partial charge in [-0.3, -0.25) is 15.0 Å². The number of carbonyl (C=O) groups excluding carboxylic acids is 3.